The fraction of sp³-hybridized carbons (Fsp3) is 0.625. The van der Waals surface area contributed by atoms with E-state index in [-0.39, 0.29) is 41.9 Å². The second-order valence-electron chi connectivity index (χ2n) is 9.47. The number of rotatable bonds is 6. The smallest absolute Gasteiger partial charge is 0.257 e. The Labute approximate surface area is 189 Å². The second kappa shape index (κ2) is 9.48. The van der Waals surface area contributed by atoms with E-state index in [1.165, 1.54) is 12.8 Å². The average Bonchev–Trinajstić information content (AvgIpc) is 3.59. The molecular formula is C24H33N3O5. The largest absolute Gasteiger partial charge is 0.490 e. The highest BCUT2D eigenvalue weighted by Crippen LogP contribution is 2.33. The zero-order valence-electron chi connectivity index (χ0n) is 19.1. The Morgan fingerprint density at radius 2 is 1.97 bits per heavy atom. The molecule has 0 aromatic heterocycles. The minimum Gasteiger partial charge on any atom is -0.490 e. The molecule has 3 aliphatic rings. The van der Waals surface area contributed by atoms with E-state index in [4.69, 9.17) is 9.47 Å². The van der Waals surface area contributed by atoms with Crippen LogP contribution in [0, 0.1) is 11.8 Å². The normalized spacial score (nSPS) is 25.2. The molecule has 0 unspecified atom stereocenters. The number of hydrogen-bond donors (Lipinski definition) is 2. The van der Waals surface area contributed by atoms with Crippen molar-refractivity contribution in [3.05, 3.63) is 23.8 Å². The molecular weight excluding hydrogens is 410 g/mol. The van der Waals surface area contributed by atoms with Crippen LogP contribution in [0.25, 0.3) is 0 Å². The lowest BCUT2D eigenvalue weighted by molar-refractivity contribution is -0.134. The van der Waals surface area contributed by atoms with Crippen LogP contribution in [-0.2, 0) is 14.3 Å². The number of carbonyl (C=O) groups is 3. The summed E-state index contributed by atoms with van der Waals surface area (Å²) in [5.41, 5.74) is 0.996. The number of anilines is 1. The van der Waals surface area contributed by atoms with Gasteiger partial charge in [-0.1, -0.05) is 13.8 Å². The molecule has 0 bridgehead atoms. The van der Waals surface area contributed by atoms with Gasteiger partial charge in [0.05, 0.1) is 24.1 Å². The Balaban J connectivity index is 1.42. The second-order valence-corrected chi connectivity index (χ2v) is 9.47. The lowest BCUT2D eigenvalue weighted by atomic mass is 9.94. The number of benzene rings is 1. The molecule has 1 aliphatic carbocycles. The van der Waals surface area contributed by atoms with Gasteiger partial charge in [-0.15, -0.1) is 0 Å². The van der Waals surface area contributed by atoms with Gasteiger partial charge in [-0.05, 0) is 49.8 Å². The van der Waals surface area contributed by atoms with Gasteiger partial charge in [0.25, 0.3) is 5.91 Å². The van der Waals surface area contributed by atoms with Crippen LogP contribution in [0.5, 0.6) is 5.75 Å². The van der Waals surface area contributed by atoms with Gasteiger partial charge in [-0.2, -0.15) is 0 Å². The number of nitrogens with zero attached hydrogens (tertiary/aromatic N) is 1. The first-order chi connectivity index (χ1) is 15.3. The van der Waals surface area contributed by atoms with Gasteiger partial charge in [0.2, 0.25) is 11.8 Å². The maximum atomic E-state index is 13.2. The molecule has 0 spiro atoms. The summed E-state index contributed by atoms with van der Waals surface area (Å²) in [4.78, 5) is 39.2. The first kappa shape index (κ1) is 22.6. The summed E-state index contributed by atoms with van der Waals surface area (Å²) in [6.45, 7) is 4.69. The third kappa shape index (κ3) is 5.23. The third-order valence-corrected chi connectivity index (χ3v) is 6.50. The molecule has 1 aromatic rings. The summed E-state index contributed by atoms with van der Waals surface area (Å²) < 4.78 is 12.2. The van der Waals surface area contributed by atoms with Gasteiger partial charge >= 0.3 is 0 Å². The van der Waals surface area contributed by atoms with E-state index in [2.05, 4.69) is 10.6 Å². The van der Waals surface area contributed by atoms with E-state index in [1.54, 1.807) is 30.1 Å². The van der Waals surface area contributed by atoms with Crippen molar-refractivity contribution < 1.29 is 23.9 Å². The van der Waals surface area contributed by atoms with Crippen molar-refractivity contribution >= 4 is 23.4 Å². The summed E-state index contributed by atoms with van der Waals surface area (Å²) in [6.07, 6.45) is 3.73. The van der Waals surface area contributed by atoms with Crippen molar-refractivity contribution in [2.75, 3.05) is 25.5 Å². The first-order valence-electron chi connectivity index (χ1n) is 11.6. The van der Waals surface area contributed by atoms with Crippen LogP contribution in [0.4, 0.5) is 5.69 Å². The SMILES string of the molecule is CC(C)C(=O)Nc1ccc2c(c1)C(=O)N(C)[C@@H]1CC[C@H](CC(=O)NCC3CC3)O[C@H]1CO2. The maximum Gasteiger partial charge on any atom is 0.257 e. The molecule has 2 N–H and O–H groups in total. The molecule has 32 heavy (non-hydrogen) atoms. The summed E-state index contributed by atoms with van der Waals surface area (Å²) in [7, 11) is 1.78. The Kier molecular flexibility index (Phi) is 6.69. The van der Waals surface area contributed by atoms with Gasteiger partial charge in [0, 0.05) is 25.2 Å². The number of carbonyl (C=O) groups excluding carboxylic acids is 3. The fourth-order valence-electron chi connectivity index (χ4n) is 4.25. The highest BCUT2D eigenvalue weighted by Gasteiger charge is 2.39. The van der Waals surface area contributed by atoms with Crippen LogP contribution in [0.2, 0.25) is 0 Å². The van der Waals surface area contributed by atoms with Crippen molar-refractivity contribution in [1.82, 2.24) is 10.2 Å². The average molecular weight is 444 g/mol. The molecule has 1 saturated heterocycles. The van der Waals surface area contributed by atoms with Crippen molar-refractivity contribution in [2.45, 2.75) is 64.2 Å². The number of fused-ring (bicyclic) bond motifs is 2. The number of likely N-dealkylation sites (N-methyl/N-ethyl adjacent to an activating group) is 1. The minimum absolute atomic E-state index is 0.0258. The molecule has 1 saturated carbocycles. The van der Waals surface area contributed by atoms with Crippen molar-refractivity contribution in [2.24, 2.45) is 11.8 Å². The predicted molar refractivity (Wildman–Crippen MR) is 120 cm³/mol. The summed E-state index contributed by atoms with van der Waals surface area (Å²) in [5, 5.41) is 5.83. The highest BCUT2D eigenvalue weighted by molar-refractivity contribution is 6.00. The molecule has 1 aromatic carbocycles. The third-order valence-electron chi connectivity index (χ3n) is 6.50. The molecule has 8 heteroatoms. The fourth-order valence-corrected chi connectivity index (χ4v) is 4.25. The van der Waals surface area contributed by atoms with Crippen LogP contribution in [0.15, 0.2) is 18.2 Å². The number of nitrogens with one attached hydrogen (secondary N) is 2. The van der Waals surface area contributed by atoms with Gasteiger partial charge in [-0.3, -0.25) is 14.4 Å². The summed E-state index contributed by atoms with van der Waals surface area (Å²) in [5.74, 6) is 0.711. The lowest BCUT2D eigenvalue weighted by Gasteiger charge is -2.42. The quantitative estimate of drug-likeness (QED) is 0.704. The number of hydrogen-bond acceptors (Lipinski definition) is 5. The van der Waals surface area contributed by atoms with E-state index in [9.17, 15) is 14.4 Å². The zero-order valence-corrected chi connectivity index (χ0v) is 19.1. The van der Waals surface area contributed by atoms with E-state index in [1.807, 2.05) is 13.8 Å². The van der Waals surface area contributed by atoms with Gasteiger partial charge in [0.15, 0.2) is 0 Å². The van der Waals surface area contributed by atoms with Gasteiger partial charge in [0.1, 0.15) is 18.5 Å². The molecule has 2 heterocycles. The Bertz CT molecular complexity index is 882. The molecule has 174 valence electrons. The molecule has 0 radical (unpaired) electrons. The van der Waals surface area contributed by atoms with Crippen LogP contribution in [0.3, 0.4) is 0 Å². The minimum atomic E-state index is -0.299. The number of amides is 3. The topological polar surface area (TPSA) is 97.0 Å². The van der Waals surface area contributed by atoms with E-state index in [0.717, 1.165) is 13.0 Å². The highest BCUT2D eigenvalue weighted by atomic mass is 16.5. The van der Waals surface area contributed by atoms with E-state index < -0.39 is 0 Å². The van der Waals surface area contributed by atoms with Crippen molar-refractivity contribution in [3.63, 3.8) is 0 Å². The predicted octanol–water partition coefficient (Wildman–Crippen LogP) is 2.58. The van der Waals surface area contributed by atoms with Crippen LogP contribution in [0.1, 0.15) is 56.3 Å². The monoisotopic (exact) mass is 443 g/mol. The van der Waals surface area contributed by atoms with Gasteiger partial charge < -0.3 is 25.0 Å². The maximum absolute atomic E-state index is 13.2. The summed E-state index contributed by atoms with van der Waals surface area (Å²) >= 11 is 0. The first-order valence-corrected chi connectivity index (χ1v) is 11.6. The van der Waals surface area contributed by atoms with Gasteiger partial charge in [-0.25, -0.2) is 0 Å². The summed E-state index contributed by atoms with van der Waals surface area (Å²) in [6, 6.07) is 4.99. The number of ether oxygens (including phenoxy) is 2. The van der Waals surface area contributed by atoms with Crippen molar-refractivity contribution in [1.29, 1.82) is 0 Å². The molecule has 3 amide bonds. The van der Waals surface area contributed by atoms with Crippen LogP contribution < -0.4 is 15.4 Å². The Hall–Kier alpha value is -2.61. The Morgan fingerprint density at radius 1 is 1.19 bits per heavy atom. The van der Waals surface area contributed by atoms with Crippen molar-refractivity contribution in [3.8, 4) is 5.75 Å². The van der Waals surface area contributed by atoms with E-state index >= 15 is 0 Å². The molecule has 3 atom stereocenters. The van der Waals surface area contributed by atoms with Crippen LogP contribution in [-0.4, -0.2) is 61.1 Å². The molecule has 4 rings (SSSR count). The molecule has 8 nitrogen and oxygen atoms in total. The lowest BCUT2D eigenvalue weighted by Crippen LogP contribution is -2.54. The standard InChI is InChI=1S/C24H33N3O5/c1-14(2)23(29)26-16-6-9-20-18(10-16)24(30)27(3)19-8-7-17(32-21(19)13-31-20)11-22(28)25-12-15-4-5-15/h6,9-10,14-15,17,19,21H,4-5,7-8,11-13H2,1-3H3,(H,25,28)(H,26,29)/t17-,19-,21+/m1/s1. The van der Waals surface area contributed by atoms with Crippen LogP contribution >= 0.6 is 0 Å². The molecule has 2 aliphatic heterocycles. The van der Waals surface area contributed by atoms with E-state index in [0.29, 0.717) is 42.4 Å². The Morgan fingerprint density at radius 3 is 2.69 bits per heavy atom. The zero-order chi connectivity index (χ0) is 22.8. The molecule has 2 fully saturated rings.